The van der Waals surface area contributed by atoms with E-state index in [0.717, 1.165) is 4.88 Å². The van der Waals surface area contributed by atoms with Crippen molar-refractivity contribution in [1.29, 1.82) is 0 Å². The molecule has 1 aromatic rings. The third-order valence-electron chi connectivity index (χ3n) is 2.61. The third-order valence-corrected chi connectivity index (χ3v) is 3.67. The Morgan fingerprint density at radius 1 is 1.71 bits per heavy atom. The summed E-state index contributed by atoms with van der Waals surface area (Å²) < 4.78 is 0. The van der Waals surface area contributed by atoms with Crippen molar-refractivity contribution in [3.05, 3.63) is 32.3 Å². The van der Waals surface area contributed by atoms with Gasteiger partial charge in [0.15, 0.2) is 0 Å². The molecule has 1 amide bonds. The van der Waals surface area contributed by atoms with E-state index in [9.17, 15) is 9.90 Å². The lowest BCUT2D eigenvalue weighted by Gasteiger charge is -2.13. The highest BCUT2D eigenvalue weighted by molar-refractivity contribution is 7.14. The molecule has 0 saturated carbocycles. The zero-order valence-electron chi connectivity index (χ0n) is 9.11. The van der Waals surface area contributed by atoms with Crippen molar-refractivity contribution in [2.24, 2.45) is 5.11 Å². The van der Waals surface area contributed by atoms with Gasteiger partial charge in [-0.3, -0.25) is 4.79 Å². The minimum Gasteiger partial charge on any atom is -0.391 e. The van der Waals surface area contributed by atoms with Gasteiger partial charge in [0.05, 0.1) is 17.5 Å². The fourth-order valence-electron chi connectivity index (χ4n) is 1.76. The lowest BCUT2D eigenvalue weighted by molar-refractivity contribution is 0.0769. The number of aliphatic hydroxyl groups is 1. The number of nitrogens with zero attached hydrogens (tertiary/aromatic N) is 4. The molecule has 1 aromatic heterocycles. The Hall–Kier alpha value is -1.56. The van der Waals surface area contributed by atoms with Crippen molar-refractivity contribution >= 4 is 17.2 Å². The van der Waals surface area contributed by atoms with Crippen LogP contribution in [0.1, 0.15) is 21.0 Å². The monoisotopic (exact) mass is 252 g/mol. The Labute approximate surface area is 102 Å². The second-order valence-corrected chi connectivity index (χ2v) is 5.02. The van der Waals surface area contributed by atoms with Gasteiger partial charge in [-0.2, -0.15) is 0 Å². The van der Waals surface area contributed by atoms with Crippen LogP contribution in [-0.2, 0) is 6.54 Å². The van der Waals surface area contributed by atoms with Gasteiger partial charge in [0.2, 0.25) is 0 Å². The summed E-state index contributed by atoms with van der Waals surface area (Å²) in [6, 6.07) is 3.53. The molecule has 1 saturated heterocycles. The second-order valence-electron chi connectivity index (χ2n) is 3.85. The number of carbonyl (C=O) groups is 1. The molecular weight excluding hydrogens is 240 g/mol. The summed E-state index contributed by atoms with van der Waals surface area (Å²) in [6.07, 6.45) is 0.240. The maximum absolute atomic E-state index is 12.0. The van der Waals surface area contributed by atoms with Crippen LogP contribution in [-0.4, -0.2) is 35.1 Å². The van der Waals surface area contributed by atoms with Crippen LogP contribution in [0.25, 0.3) is 10.4 Å². The van der Waals surface area contributed by atoms with Crippen LogP contribution in [0.5, 0.6) is 0 Å². The number of thiophene rings is 1. The summed E-state index contributed by atoms with van der Waals surface area (Å²) in [5, 5.41) is 12.8. The van der Waals surface area contributed by atoms with Crippen molar-refractivity contribution < 1.29 is 9.90 Å². The van der Waals surface area contributed by atoms with E-state index in [-0.39, 0.29) is 12.5 Å². The van der Waals surface area contributed by atoms with Crippen LogP contribution in [0.3, 0.4) is 0 Å². The van der Waals surface area contributed by atoms with Gasteiger partial charge in [-0.15, -0.1) is 11.3 Å². The highest BCUT2D eigenvalue weighted by Gasteiger charge is 2.26. The number of hydrogen-bond acceptors (Lipinski definition) is 4. The maximum Gasteiger partial charge on any atom is 0.264 e. The molecule has 1 atom stereocenters. The summed E-state index contributed by atoms with van der Waals surface area (Å²) in [5.41, 5.74) is 8.21. The smallest absolute Gasteiger partial charge is 0.264 e. The van der Waals surface area contributed by atoms with Gasteiger partial charge in [0, 0.05) is 22.9 Å². The summed E-state index contributed by atoms with van der Waals surface area (Å²) >= 11 is 1.33. The van der Waals surface area contributed by atoms with Gasteiger partial charge in [0.1, 0.15) is 0 Å². The molecule has 0 radical (unpaired) electrons. The van der Waals surface area contributed by atoms with E-state index in [4.69, 9.17) is 5.53 Å². The highest BCUT2D eigenvalue weighted by Crippen LogP contribution is 2.21. The number of hydrogen-bond donors (Lipinski definition) is 1. The number of aliphatic hydroxyl groups excluding tert-OH is 1. The van der Waals surface area contributed by atoms with Gasteiger partial charge >= 0.3 is 0 Å². The van der Waals surface area contributed by atoms with Crippen molar-refractivity contribution in [1.82, 2.24) is 4.90 Å². The molecule has 0 aliphatic carbocycles. The molecule has 90 valence electrons. The highest BCUT2D eigenvalue weighted by atomic mass is 32.1. The van der Waals surface area contributed by atoms with Crippen molar-refractivity contribution in [2.75, 3.05) is 13.1 Å². The zero-order valence-corrected chi connectivity index (χ0v) is 9.93. The lowest BCUT2D eigenvalue weighted by Crippen LogP contribution is -2.28. The standard InChI is InChI=1S/C10H12N4O2S/c11-13-12-5-8-1-2-9(17-8)10(16)14-4-3-7(15)6-14/h1-2,7,15H,3-6H2. The lowest BCUT2D eigenvalue weighted by atomic mass is 10.3. The summed E-state index contributed by atoms with van der Waals surface area (Å²) in [4.78, 5) is 17.8. The molecule has 1 aliphatic heterocycles. The maximum atomic E-state index is 12.0. The average molecular weight is 252 g/mol. The first kappa shape index (κ1) is 11.9. The largest absolute Gasteiger partial charge is 0.391 e. The Bertz CT molecular complexity index is 467. The van der Waals surface area contributed by atoms with E-state index in [1.54, 1.807) is 17.0 Å². The van der Waals surface area contributed by atoms with Crippen LogP contribution >= 0.6 is 11.3 Å². The quantitative estimate of drug-likeness (QED) is 0.504. The van der Waals surface area contributed by atoms with Crippen molar-refractivity contribution in [2.45, 2.75) is 19.1 Å². The Morgan fingerprint density at radius 3 is 3.18 bits per heavy atom. The molecule has 0 bridgehead atoms. The number of carbonyl (C=O) groups excluding carboxylic acids is 1. The molecule has 7 heteroatoms. The molecule has 1 aliphatic rings. The number of rotatable bonds is 3. The number of β-amino-alcohol motifs (C(OH)–C–C–N with tert-alkyl or cyclic N) is 1. The normalized spacial score (nSPS) is 19.1. The van der Waals surface area contributed by atoms with E-state index in [2.05, 4.69) is 10.0 Å². The number of likely N-dealkylation sites (tertiary alicyclic amines) is 1. The minimum atomic E-state index is -0.401. The van der Waals surface area contributed by atoms with Gasteiger partial charge in [0.25, 0.3) is 5.91 Å². The topological polar surface area (TPSA) is 89.3 Å². The molecule has 6 nitrogen and oxygen atoms in total. The van der Waals surface area contributed by atoms with E-state index in [1.807, 2.05) is 0 Å². The fraction of sp³-hybridized carbons (Fsp3) is 0.500. The molecule has 1 fully saturated rings. The number of amides is 1. The fourth-order valence-corrected chi connectivity index (χ4v) is 2.65. The molecular formula is C10H12N4O2S. The van der Waals surface area contributed by atoms with Crippen LogP contribution in [0.4, 0.5) is 0 Å². The van der Waals surface area contributed by atoms with Gasteiger partial charge < -0.3 is 10.0 Å². The van der Waals surface area contributed by atoms with E-state index in [1.165, 1.54) is 11.3 Å². The first-order chi connectivity index (χ1) is 8.20. The van der Waals surface area contributed by atoms with Crippen molar-refractivity contribution in [3.8, 4) is 0 Å². The summed E-state index contributed by atoms with van der Waals surface area (Å²) in [5.74, 6) is -0.0567. The predicted octanol–water partition coefficient (Wildman–Crippen LogP) is 1.77. The molecule has 1 unspecified atom stereocenters. The van der Waals surface area contributed by atoms with Crippen molar-refractivity contribution in [3.63, 3.8) is 0 Å². The predicted molar refractivity (Wildman–Crippen MR) is 63.7 cm³/mol. The molecule has 17 heavy (non-hydrogen) atoms. The minimum absolute atomic E-state index is 0.0567. The van der Waals surface area contributed by atoms with Crippen LogP contribution < -0.4 is 0 Å². The first-order valence-electron chi connectivity index (χ1n) is 5.27. The van der Waals surface area contributed by atoms with Gasteiger partial charge in [-0.05, 0) is 24.1 Å². The van der Waals surface area contributed by atoms with E-state index < -0.39 is 6.10 Å². The van der Waals surface area contributed by atoms with Crippen LogP contribution in [0.2, 0.25) is 0 Å². The van der Waals surface area contributed by atoms with Gasteiger partial charge in [-0.25, -0.2) is 0 Å². The number of azide groups is 1. The second kappa shape index (κ2) is 5.18. The molecule has 1 N–H and O–H groups in total. The first-order valence-corrected chi connectivity index (χ1v) is 6.09. The molecule has 2 heterocycles. The Morgan fingerprint density at radius 2 is 2.53 bits per heavy atom. The Balaban J connectivity index is 2.04. The molecule has 2 rings (SSSR count). The van der Waals surface area contributed by atoms with E-state index in [0.29, 0.717) is 24.4 Å². The molecule has 0 spiro atoms. The van der Waals surface area contributed by atoms with Gasteiger partial charge in [-0.1, -0.05) is 5.11 Å². The third kappa shape index (κ3) is 2.76. The molecule has 0 aromatic carbocycles. The average Bonchev–Trinajstić information content (AvgIpc) is 2.94. The zero-order chi connectivity index (χ0) is 12.3. The van der Waals surface area contributed by atoms with Crippen LogP contribution in [0, 0.1) is 0 Å². The SMILES string of the molecule is [N-]=[N+]=NCc1ccc(C(=O)N2CCC(O)C2)s1. The summed E-state index contributed by atoms with van der Waals surface area (Å²) in [7, 11) is 0. The van der Waals surface area contributed by atoms with E-state index >= 15 is 0 Å². The summed E-state index contributed by atoms with van der Waals surface area (Å²) in [6.45, 7) is 1.28. The Kier molecular flexibility index (Phi) is 3.63. The van der Waals surface area contributed by atoms with Crippen LogP contribution in [0.15, 0.2) is 17.2 Å².